The van der Waals surface area contributed by atoms with Gasteiger partial charge in [-0.3, -0.25) is 0 Å². The molecule has 0 bridgehead atoms. The first-order valence-electron chi connectivity index (χ1n) is 6.86. The zero-order chi connectivity index (χ0) is 14.2. The molecule has 1 aromatic rings. The van der Waals surface area contributed by atoms with Crippen LogP contribution in [0.1, 0.15) is 19.0 Å². The summed E-state index contributed by atoms with van der Waals surface area (Å²) in [5.74, 6) is 0.961. The van der Waals surface area contributed by atoms with Gasteiger partial charge in [-0.25, -0.2) is 4.68 Å². The minimum Gasteiger partial charge on any atom is -0.394 e. The zero-order valence-electron chi connectivity index (χ0n) is 12.3. The Morgan fingerprint density at radius 3 is 2.74 bits per heavy atom. The molecule has 0 aromatic carbocycles. The molecule has 1 aliphatic heterocycles. The van der Waals surface area contributed by atoms with Crippen LogP contribution in [0.2, 0.25) is 0 Å². The maximum absolute atomic E-state index is 9.97. The second-order valence-electron chi connectivity index (χ2n) is 5.60. The number of β-amino-alcohol motifs (C(OH)–C–C–N with tert-alkyl or cyclic N) is 1. The Labute approximate surface area is 114 Å². The Bertz CT molecular complexity index is 442. The van der Waals surface area contributed by atoms with Crippen LogP contribution in [0.15, 0.2) is 0 Å². The molecule has 1 saturated heterocycles. The van der Waals surface area contributed by atoms with Crippen LogP contribution in [0.25, 0.3) is 0 Å². The predicted molar refractivity (Wildman–Crippen MR) is 77.4 cm³/mol. The lowest BCUT2D eigenvalue weighted by atomic mass is 10.2. The summed E-state index contributed by atoms with van der Waals surface area (Å²) in [6.45, 7) is 6.31. The van der Waals surface area contributed by atoms with Crippen molar-refractivity contribution >= 4 is 11.5 Å². The molecule has 6 heteroatoms. The van der Waals surface area contributed by atoms with Gasteiger partial charge in [0.05, 0.1) is 17.5 Å². The van der Waals surface area contributed by atoms with E-state index in [1.165, 1.54) is 0 Å². The minimum absolute atomic E-state index is 0.286. The van der Waals surface area contributed by atoms with Crippen LogP contribution in [0.5, 0.6) is 0 Å². The first kappa shape index (κ1) is 14.1. The number of hydrogen-bond donors (Lipinski definition) is 2. The van der Waals surface area contributed by atoms with Crippen molar-refractivity contribution in [2.45, 2.75) is 39.0 Å². The normalized spacial score (nSPS) is 23.6. The quantitative estimate of drug-likeness (QED) is 0.821. The molecule has 2 unspecified atom stereocenters. The third-order valence-corrected chi connectivity index (χ3v) is 3.69. The van der Waals surface area contributed by atoms with E-state index < -0.39 is 0 Å². The van der Waals surface area contributed by atoms with Crippen molar-refractivity contribution in [3.8, 4) is 0 Å². The Balaban J connectivity index is 2.33. The molecule has 2 atom stereocenters. The van der Waals surface area contributed by atoms with Crippen LogP contribution in [-0.2, 0) is 6.54 Å². The fraction of sp³-hybridized carbons (Fsp3) is 0.769. The van der Waals surface area contributed by atoms with Gasteiger partial charge in [0.15, 0.2) is 5.82 Å². The number of nitrogens with two attached hydrogens (primary N) is 1. The summed E-state index contributed by atoms with van der Waals surface area (Å²) >= 11 is 0. The first-order chi connectivity index (χ1) is 8.93. The molecule has 2 heterocycles. The topological polar surface area (TPSA) is 70.5 Å². The number of aromatic nitrogens is 2. The monoisotopic (exact) mass is 267 g/mol. The van der Waals surface area contributed by atoms with Gasteiger partial charge < -0.3 is 20.6 Å². The van der Waals surface area contributed by atoms with Gasteiger partial charge in [0.2, 0.25) is 0 Å². The molecular weight excluding hydrogens is 242 g/mol. The highest BCUT2D eigenvalue weighted by atomic mass is 16.3. The molecule has 0 amide bonds. The maximum atomic E-state index is 9.97. The number of anilines is 2. The molecule has 108 valence electrons. The number of rotatable bonds is 4. The van der Waals surface area contributed by atoms with E-state index in [0.717, 1.165) is 36.7 Å². The van der Waals surface area contributed by atoms with Crippen molar-refractivity contribution in [2.75, 3.05) is 37.8 Å². The van der Waals surface area contributed by atoms with E-state index in [-0.39, 0.29) is 12.1 Å². The van der Waals surface area contributed by atoms with E-state index in [1.807, 2.05) is 11.6 Å². The zero-order valence-corrected chi connectivity index (χ0v) is 12.3. The Morgan fingerprint density at radius 1 is 1.47 bits per heavy atom. The van der Waals surface area contributed by atoms with Crippen LogP contribution in [-0.4, -0.2) is 59.1 Å². The van der Waals surface area contributed by atoms with E-state index >= 15 is 0 Å². The van der Waals surface area contributed by atoms with Crippen LogP contribution in [0, 0.1) is 6.92 Å². The van der Waals surface area contributed by atoms with Crippen molar-refractivity contribution in [1.82, 2.24) is 14.7 Å². The van der Waals surface area contributed by atoms with Crippen LogP contribution in [0.4, 0.5) is 11.5 Å². The predicted octanol–water partition coefficient (Wildman–Crippen LogP) is 0.295. The number of hydrogen-bond acceptors (Lipinski definition) is 5. The molecule has 0 aliphatic carbocycles. The van der Waals surface area contributed by atoms with E-state index in [4.69, 9.17) is 5.73 Å². The highest BCUT2D eigenvalue weighted by molar-refractivity contribution is 5.67. The number of likely N-dealkylation sites (N-methyl/N-ethyl adjacent to an activating group) is 1. The summed E-state index contributed by atoms with van der Waals surface area (Å²) in [6.07, 6.45) is 0.496. The van der Waals surface area contributed by atoms with Crippen molar-refractivity contribution in [3.05, 3.63) is 5.69 Å². The van der Waals surface area contributed by atoms with E-state index in [1.54, 1.807) is 0 Å². The fourth-order valence-electron chi connectivity index (χ4n) is 2.85. The number of aryl methyl sites for hydroxylation is 2. The molecular formula is C13H25N5O. The summed E-state index contributed by atoms with van der Waals surface area (Å²) in [5, 5.41) is 14.4. The average molecular weight is 267 g/mol. The van der Waals surface area contributed by atoms with E-state index in [9.17, 15) is 5.11 Å². The van der Waals surface area contributed by atoms with E-state index in [0.29, 0.717) is 6.54 Å². The molecule has 1 aliphatic rings. The molecule has 0 saturated carbocycles. The third kappa shape index (κ3) is 2.69. The molecule has 0 radical (unpaired) electrons. The fourth-order valence-corrected chi connectivity index (χ4v) is 2.85. The van der Waals surface area contributed by atoms with Crippen LogP contribution in [0.3, 0.4) is 0 Å². The summed E-state index contributed by atoms with van der Waals surface area (Å²) in [6, 6.07) is 0.286. The number of nitrogen functional groups attached to an aromatic ring is 1. The number of aliphatic hydroxyl groups is 1. The number of nitrogens with zero attached hydrogens (tertiary/aromatic N) is 4. The summed E-state index contributed by atoms with van der Waals surface area (Å²) in [5.41, 5.74) is 7.78. The minimum atomic E-state index is -0.287. The molecule has 19 heavy (non-hydrogen) atoms. The summed E-state index contributed by atoms with van der Waals surface area (Å²) in [4.78, 5) is 4.36. The molecule has 2 rings (SSSR count). The van der Waals surface area contributed by atoms with E-state index in [2.05, 4.69) is 35.9 Å². The van der Waals surface area contributed by atoms with Gasteiger partial charge in [-0.15, -0.1) is 0 Å². The maximum Gasteiger partial charge on any atom is 0.151 e. The van der Waals surface area contributed by atoms with Gasteiger partial charge in [0, 0.05) is 25.7 Å². The van der Waals surface area contributed by atoms with Crippen molar-refractivity contribution in [3.63, 3.8) is 0 Å². The molecule has 0 spiro atoms. The summed E-state index contributed by atoms with van der Waals surface area (Å²) in [7, 11) is 4.10. The molecule has 3 N–H and O–H groups in total. The highest BCUT2D eigenvalue weighted by Gasteiger charge is 2.34. The Morgan fingerprint density at radius 2 is 2.16 bits per heavy atom. The Kier molecular flexibility index (Phi) is 4.01. The van der Waals surface area contributed by atoms with Crippen molar-refractivity contribution in [2.24, 2.45) is 0 Å². The van der Waals surface area contributed by atoms with Gasteiger partial charge in [-0.2, -0.15) is 5.10 Å². The lowest BCUT2D eigenvalue weighted by Crippen LogP contribution is -2.39. The average Bonchev–Trinajstić information content (AvgIpc) is 2.80. The molecule has 1 aromatic heterocycles. The number of aliphatic hydroxyl groups excluding tert-OH is 1. The third-order valence-electron chi connectivity index (χ3n) is 3.69. The van der Waals surface area contributed by atoms with Crippen LogP contribution >= 0.6 is 0 Å². The second-order valence-corrected chi connectivity index (χ2v) is 5.60. The largest absolute Gasteiger partial charge is 0.394 e. The van der Waals surface area contributed by atoms with Gasteiger partial charge in [-0.1, -0.05) is 0 Å². The standard InChI is InChI=1S/C13H25N5O/c1-5-18-13(12(14)9(2)15-18)17-8-11(19)6-10(17)7-16(3)4/h10-11,19H,5-8,14H2,1-4H3. The van der Waals surface area contributed by atoms with Crippen molar-refractivity contribution < 1.29 is 5.11 Å². The van der Waals surface area contributed by atoms with Gasteiger partial charge in [0.25, 0.3) is 0 Å². The lowest BCUT2D eigenvalue weighted by molar-refractivity contribution is 0.191. The van der Waals surface area contributed by atoms with Gasteiger partial charge >= 0.3 is 0 Å². The van der Waals surface area contributed by atoms with Crippen molar-refractivity contribution in [1.29, 1.82) is 0 Å². The van der Waals surface area contributed by atoms with Gasteiger partial charge in [-0.05, 0) is 34.4 Å². The van der Waals surface area contributed by atoms with Gasteiger partial charge in [0.1, 0.15) is 0 Å². The highest BCUT2D eigenvalue weighted by Crippen LogP contribution is 2.32. The summed E-state index contributed by atoms with van der Waals surface area (Å²) < 4.78 is 1.94. The SMILES string of the molecule is CCn1nc(C)c(N)c1N1CC(O)CC1CN(C)C. The second kappa shape index (κ2) is 5.38. The van der Waals surface area contributed by atoms with Crippen LogP contribution < -0.4 is 10.6 Å². The lowest BCUT2D eigenvalue weighted by Gasteiger charge is -2.29. The Hall–Kier alpha value is -1.27. The molecule has 6 nitrogen and oxygen atoms in total. The smallest absolute Gasteiger partial charge is 0.151 e. The first-order valence-corrected chi connectivity index (χ1v) is 6.86. The molecule has 1 fully saturated rings.